The zero-order valence-corrected chi connectivity index (χ0v) is 7.52. The van der Waals surface area contributed by atoms with Gasteiger partial charge < -0.3 is 10.5 Å². The van der Waals surface area contributed by atoms with Crippen LogP contribution in [0.1, 0.15) is 6.42 Å². The van der Waals surface area contributed by atoms with Crippen LogP contribution < -0.4 is 5.73 Å². The summed E-state index contributed by atoms with van der Waals surface area (Å²) in [6, 6.07) is -0.688. The topological polar surface area (TPSA) is 52.3 Å². The summed E-state index contributed by atoms with van der Waals surface area (Å²) < 4.78 is 4.47. The standard InChI is InChI=1S/C6H9Cl2NO2/c1-11-6(10)4(9)2-3-5(7)8/h3-4H,2,9H2,1H3. The predicted molar refractivity (Wildman–Crippen MR) is 44.4 cm³/mol. The number of carbonyl (C=O) groups excluding carboxylic acids is 1. The molecule has 3 nitrogen and oxygen atoms in total. The molecule has 0 bridgehead atoms. The lowest BCUT2D eigenvalue weighted by Crippen LogP contribution is -2.30. The minimum Gasteiger partial charge on any atom is -0.468 e. The lowest BCUT2D eigenvalue weighted by Gasteiger charge is -2.04. The van der Waals surface area contributed by atoms with E-state index in [-0.39, 0.29) is 10.9 Å². The summed E-state index contributed by atoms with van der Waals surface area (Å²) in [6.45, 7) is 0. The highest BCUT2D eigenvalue weighted by molar-refractivity contribution is 6.55. The van der Waals surface area contributed by atoms with E-state index in [4.69, 9.17) is 28.9 Å². The van der Waals surface area contributed by atoms with Gasteiger partial charge in [0.1, 0.15) is 10.5 Å². The van der Waals surface area contributed by atoms with Crippen molar-refractivity contribution in [3.05, 3.63) is 10.6 Å². The Morgan fingerprint density at radius 3 is 2.64 bits per heavy atom. The van der Waals surface area contributed by atoms with Gasteiger partial charge in [0, 0.05) is 0 Å². The van der Waals surface area contributed by atoms with E-state index in [2.05, 4.69) is 4.74 Å². The average molecular weight is 198 g/mol. The number of ether oxygens (including phenoxy) is 1. The third kappa shape index (κ3) is 5.07. The van der Waals surface area contributed by atoms with Crippen LogP contribution in [-0.2, 0) is 9.53 Å². The molecule has 1 atom stereocenters. The van der Waals surface area contributed by atoms with Gasteiger partial charge in [-0.15, -0.1) is 0 Å². The smallest absolute Gasteiger partial charge is 0.322 e. The molecule has 0 radical (unpaired) electrons. The maximum absolute atomic E-state index is 10.7. The van der Waals surface area contributed by atoms with Gasteiger partial charge in [-0.2, -0.15) is 0 Å². The van der Waals surface area contributed by atoms with E-state index in [1.807, 2.05) is 0 Å². The van der Waals surface area contributed by atoms with E-state index in [0.29, 0.717) is 0 Å². The number of esters is 1. The molecule has 5 heteroatoms. The number of rotatable bonds is 3. The molecule has 1 unspecified atom stereocenters. The first kappa shape index (κ1) is 10.8. The number of hydrogen-bond acceptors (Lipinski definition) is 3. The van der Waals surface area contributed by atoms with E-state index in [1.165, 1.54) is 13.2 Å². The average Bonchev–Trinajstić information content (AvgIpc) is 1.98. The van der Waals surface area contributed by atoms with Crippen LogP contribution in [0.2, 0.25) is 0 Å². The van der Waals surface area contributed by atoms with E-state index >= 15 is 0 Å². The van der Waals surface area contributed by atoms with Gasteiger partial charge in [0.15, 0.2) is 0 Å². The Balaban J connectivity index is 3.78. The molecule has 0 aromatic heterocycles. The zero-order chi connectivity index (χ0) is 8.85. The summed E-state index contributed by atoms with van der Waals surface area (Å²) in [5, 5.41) is 0. The molecule has 64 valence electrons. The molecule has 0 aromatic carbocycles. The largest absolute Gasteiger partial charge is 0.468 e. The lowest BCUT2D eigenvalue weighted by molar-refractivity contribution is -0.142. The summed E-state index contributed by atoms with van der Waals surface area (Å²) >= 11 is 10.6. The third-order valence-electron chi connectivity index (χ3n) is 1.03. The van der Waals surface area contributed by atoms with E-state index in [1.54, 1.807) is 0 Å². The highest BCUT2D eigenvalue weighted by Crippen LogP contribution is 2.08. The summed E-state index contributed by atoms with van der Waals surface area (Å²) in [7, 11) is 1.27. The molecule has 0 saturated carbocycles. The van der Waals surface area contributed by atoms with Crippen LogP contribution in [0, 0.1) is 0 Å². The molecule has 0 aliphatic heterocycles. The van der Waals surface area contributed by atoms with Crippen LogP contribution in [-0.4, -0.2) is 19.1 Å². The fourth-order valence-corrected chi connectivity index (χ4v) is 0.642. The Kier molecular flexibility index (Phi) is 5.28. The predicted octanol–water partition coefficient (Wildman–Crippen LogP) is 1.20. The normalized spacial score (nSPS) is 12.0. The molecule has 2 N–H and O–H groups in total. The third-order valence-corrected chi connectivity index (χ3v) is 1.34. The number of nitrogens with two attached hydrogens (primary N) is 1. The van der Waals surface area contributed by atoms with Gasteiger partial charge in [-0.25, -0.2) is 0 Å². The maximum Gasteiger partial charge on any atom is 0.322 e. The molecule has 0 rings (SSSR count). The van der Waals surface area contributed by atoms with Crippen molar-refractivity contribution < 1.29 is 9.53 Å². The van der Waals surface area contributed by atoms with Crippen molar-refractivity contribution in [3.63, 3.8) is 0 Å². The quantitative estimate of drug-likeness (QED) is 0.693. The SMILES string of the molecule is COC(=O)C(N)CC=C(Cl)Cl. The van der Waals surface area contributed by atoms with Crippen molar-refractivity contribution in [1.82, 2.24) is 0 Å². The summed E-state index contributed by atoms with van der Waals surface area (Å²) in [6.07, 6.45) is 1.74. The molecular formula is C6H9Cl2NO2. The van der Waals surface area contributed by atoms with Gasteiger partial charge in [0.25, 0.3) is 0 Å². The highest BCUT2D eigenvalue weighted by Gasteiger charge is 2.11. The minimum atomic E-state index is -0.688. The number of carbonyl (C=O) groups is 1. The van der Waals surface area contributed by atoms with E-state index < -0.39 is 12.0 Å². The van der Waals surface area contributed by atoms with Crippen molar-refractivity contribution in [1.29, 1.82) is 0 Å². The van der Waals surface area contributed by atoms with Gasteiger partial charge in [-0.05, 0) is 6.42 Å². The van der Waals surface area contributed by atoms with Gasteiger partial charge >= 0.3 is 5.97 Å². The van der Waals surface area contributed by atoms with Crippen molar-refractivity contribution in [2.45, 2.75) is 12.5 Å². The van der Waals surface area contributed by atoms with Gasteiger partial charge in [-0.3, -0.25) is 4.79 Å². The van der Waals surface area contributed by atoms with Crippen LogP contribution in [0.25, 0.3) is 0 Å². The van der Waals surface area contributed by atoms with Crippen LogP contribution in [0.5, 0.6) is 0 Å². The second kappa shape index (κ2) is 5.41. The first-order valence-corrected chi connectivity index (χ1v) is 3.68. The summed E-state index contributed by atoms with van der Waals surface area (Å²) in [4.78, 5) is 10.7. The Morgan fingerprint density at radius 2 is 2.27 bits per heavy atom. The van der Waals surface area contributed by atoms with Crippen molar-refractivity contribution in [2.24, 2.45) is 5.73 Å². The molecule has 0 amide bonds. The molecule has 0 aliphatic rings. The lowest BCUT2D eigenvalue weighted by atomic mass is 10.2. The van der Waals surface area contributed by atoms with E-state index in [9.17, 15) is 4.79 Å². The first-order chi connectivity index (χ1) is 5.07. The van der Waals surface area contributed by atoms with Crippen LogP contribution in [0.3, 0.4) is 0 Å². The molecular weight excluding hydrogens is 189 g/mol. The van der Waals surface area contributed by atoms with Gasteiger partial charge in [0.2, 0.25) is 0 Å². The monoisotopic (exact) mass is 197 g/mol. The molecule has 0 heterocycles. The maximum atomic E-state index is 10.7. The number of methoxy groups -OCH3 is 1. The molecule has 0 fully saturated rings. The molecule has 11 heavy (non-hydrogen) atoms. The van der Waals surface area contributed by atoms with Crippen LogP contribution >= 0.6 is 23.2 Å². The Labute approximate surface area is 75.1 Å². The number of halogens is 2. The second-order valence-corrected chi connectivity index (χ2v) is 2.87. The molecule has 0 aromatic rings. The second-order valence-electron chi connectivity index (χ2n) is 1.86. The first-order valence-electron chi connectivity index (χ1n) is 2.92. The highest BCUT2D eigenvalue weighted by atomic mass is 35.5. The Bertz CT molecular complexity index is 166. The summed E-state index contributed by atoms with van der Waals surface area (Å²) in [5.74, 6) is -0.476. The fraction of sp³-hybridized carbons (Fsp3) is 0.500. The van der Waals surface area contributed by atoms with E-state index in [0.717, 1.165) is 0 Å². The molecule has 0 spiro atoms. The fourth-order valence-electron chi connectivity index (χ4n) is 0.464. The van der Waals surface area contributed by atoms with Crippen molar-refractivity contribution in [2.75, 3.05) is 7.11 Å². The molecule has 0 saturated heterocycles. The minimum absolute atomic E-state index is 0.101. The number of hydrogen-bond donors (Lipinski definition) is 1. The Hall–Kier alpha value is -0.250. The van der Waals surface area contributed by atoms with Crippen molar-refractivity contribution in [3.8, 4) is 0 Å². The summed E-state index contributed by atoms with van der Waals surface area (Å²) in [5.41, 5.74) is 5.34. The van der Waals surface area contributed by atoms with Gasteiger partial charge in [0.05, 0.1) is 7.11 Å². The van der Waals surface area contributed by atoms with Gasteiger partial charge in [-0.1, -0.05) is 29.3 Å². The van der Waals surface area contributed by atoms with Crippen molar-refractivity contribution >= 4 is 29.2 Å². The Morgan fingerprint density at radius 1 is 1.73 bits per heavy atom. The molecule has 0 aliphatic carbocycles. The van der Waals surface area contributed by atoms with Crippen LogP contribution in [0.15, 0.2) is 10.6 Å². The van der Waals surface area contributed by atoms with Crippen LogP contribution in [0.4, 0.5) is 0 Å². The zero-order valence-electron chi connectivity index (χ0n) is 6.01.